The second-order valence-electron chi connectivity index (χ2n) is 11.1. The summed E-state index contributed by atoms with van der Waals surface area (Å²) in [5.74, 6) is -3.16. The second kappa shape index (κ2) is 15.8. The molecule has 3 rings (SSSR count). The molecule has 3 amide bonds. The maximum absolute atomic E-state index is 14.1. The first-order valence-electron chi connectivity index (χ1n) is 14.6. The lowest BCUT2D eigenvalue weighted by Crippen LogP contribution is -2.57. The van der Waals surface area contributed by atoms with Crippen LogP contribution in [0.25, 0.3) is 5.70 Å². The number of ketones is 1. The Labute approximate surface area is 263 Å². The molecule has 0 aromatic heterocycles. The Hall–Kier alpha value is -4.71. The van der Waals surface area contributed by atoms with Crippen LogP contribution in [-0.2, 0) is 39.9 Å². The van der Waals surface area contributed by atoms with Crippen molar-refractivity contribution in [3.8, 4) is 11.5 Å². The van der Waals surface area contributed by atoms with Crippen molar-refractivity contribution >= 4 is 35.2 Å². The quantitative estimate of drug-likeness (QED) is 0.248. The smallest absolute Gasteiger partial charge is 0.377 e. The lowest BCUT2D eigenvalue weighted by molar-refractivity contribution is -0.157. The normalized spacial score (nSPS) is 15.4. The van der Waals surface area contributed by atoms with E-state index in [0.717, 1.165) is 0 Å². The van der Waals surface area contributed by atoms with Gasteiger partial charge in [-0.2, -0.15) is 0 Å². The number of hydrogen-bond donors (Lipinski definition) is 1. The van der Waals surface area contributed by atoms with Crippen LogP contribution in [0.3, 0.4) is 0 Å². The summed E-state index contributed by atoms with van der Waals surface area (Å²) in [6, 6.07) is 11.7. The van der Waals surface area contributed by atoms with Gasteiger partial charge in [-0.15, -0.1) is 0 Å². The van der Waals surface area contributed by atoms with Gasteiger partial charge >= 0.3 is 5.97 Å². The molecule has 12 heteroatoms. The van der Waals surface area contributed by atoms with Gasteiger partial charge in [0.05, 0.1) is 26.0 Å². The summed E-state index contributed by atoms with van der Waals surface area (Å²) in [4.78, 5) is 69.1. The van der Waals surface area contributed by atoms with Gasteiger partial charge in [-0.1, -0.05) is 44.2 Å². The van der Waals surface area contributed by atoms with Crippen molar-refractivity contribution in [1.82, 2.24) is 15.1 Å². The van der Waals surface area contributed by atoms with Crippen molar-refractivity contribution in [2.75, 3.05) is 34.5 Å². The molecule has 12 nitrogen and oxygen atoms in total. The van der Waals surface area contributed by atoms with Crippen molar-refractivity contribution in [3.05, 3.63) is 65.9 Å². The van der Waals surface area contributed by atoms with E-state index in [1.165, 1.54) is 37.3 Å². The summed E-state index contributed by atoms with van der Waals surface area (Å²) in [7, 11) is 4.33. The molecular weight excluding hydrogens is 582 g/mol. The number of methoxy groups -OCH3 is 3. The lowest BCUT2D eigenvalue weighted by atomic mass is 9.96. The molecule has 0 bridgehead atoms. The summed E-state index contributed by atoms with van der Waals surface area (Å²) in [6.45, 7) is 6.04. The molecule has 1 aliphatic heterocycles. The highest BCUT2D eigenvalue weighted by atomic mass is 16.5. The molecule has 2 aromatic carbocycles. The molecule has 1 unspecified atom stereocenters. The number of ether oxygens (including phenoxy) is 4. The number of esters is 1. The highest BCUT2D eigenvalue weighted by molar-refractivity contribution is 6.36. The van der Waals surface area contributed by atoms with E-state index in [9.17, 15) is 24.0 Å². The second-order valence-corrected chi connectivity index (χ2v) is 11.1. The fourth-order valence-corrected chi connectivity index (χ4v) is 4.96. The maximum atomic E-state index is 14.1. The van der Waals surface area contributed by atoms with Crippen molar-refractivity contribution in [2.24, 2.45) is 5.92 Å². The van der Waals surface area contributed by atoms with Crippen LogP contribution in [0.1, 0.15) is 38.8 Å². The molecule has 1 aliphatic rings. The van der Waals surface area contributed by atoms with Crippen LogP contribution in [0.4, 0.5) is 0 Å². The molecule has 1 N–H and O–H groups in total. The Bertz CT molecular complexity index is 1420. The molecule has 0 saturated carbocycles. The largest absolute Gasteiger partial charge is 0.493 e. The fourth-order valence-electron chi connectivity index (χ4n) is 4.96. The Morgan fingerprint density at radius 2 is 1.58 bits per heavy atom. The minimum Gasteiger partial charge on any atom is -0.493 e. The van der Waals surface area contributed by atoms with Crippen LogP contribution in [-0.4, -0.2) is 91.9 Å². The zero-order chi connectivity index (χ0) is 33.3. The Kier molecular flexibility index (Phi) is 12.2. The third kappa shape index (κ3) is 8.69. The van der Waals surface area contributed by atoms with Gasteiger partial charge in [0.15, 0.2) is 11.5 Å². The number of nitrogens with zero attached hydrogens (tertiary/aromatic N) is 2. The monoisotopic (exact) mass is 623 g/mol. The molecule has 0 saturated heterocycles. The van der Waals surface area contributed by atoms with E-state index in [0.29, 0.717) is 22.6 Å². The molecule has 0 aliphatic carbocycles. The van der Waals surface area contributed by atoms with Gasteiger partial charge in [0.1, 0.15) is 25.2 Å². The molecule has 0 radical (unpaired) electrons. The zero-order valence-electron chi connectivity index (χ0n) is 26.7. The van der Waals surface area contributed by atoms with Crippen LogP contribution in [0.15, 0.2) is 54.7 Å². The zero-order valence-corrected chi connectivity index (χ0v) is 26.7. The molecular formula is C33H41N3O9. The van der Waals surface area contributed by atoms with E-state index in [4.69, 9.17) is 18.9 Å². The molecule has 45 heavy (non-hydrogen) atoms. The van der Waals surface area contributed by atoms with Crippen molar-refractivity contribution in [1.29, 1.82) is 0 Å². The van der Waals surface area contributed by atoms with Gasteiger partial charge in [-0.25, -0.2) is 4.79 Å². The van der Waals surface area contributed by atoms with Gasteiger partial charge in [0, 0.05) is 25.3 Å². The number of carbonyl (C=O) groups is 5. The average Bonchev–Trinajstić information content (AvgIpc) is 3.00. The minimum atomic E-state index is -1.25. The third-order valence-electron chi connectivity index (χ3n) is 7.02. The van der Waals surface area contributed by atoms with E-state index in [2.05, 4.69) is 5.32 Å². The standard InChI is InChI=1S/C33H41N3O9/c1-20(2)30-32(40)35(25(17-36(30)29(38)19-42-5)23-13-14-26(43-6)27(16-23)44-7)18-28(37)34-24(15-22-11-9-8-10-12-22)31(39)33(41)45-21(3)4/h8-14,16-17,20-21,24,30H,15,18-19H2,1-7H3,(H,34,37)/t24-,30?/m0/s1. The van der Waals surface area contributed by atoms with Crippen LogP contribution >= 0.6 is 0 Å². The van der Waals surface area contributed by atoms with E-state index in [1.54, 1.807) is 70.2 Å². The number of nitrogens with one attached hydrogen (secondary N) is 1. The first-order valence-corrected chi connectivity index (χ1v) is 14.6. The first-order chi connectivity index (χ1) is 21.4. The summed E-state index contributed by atoms with van der Waals surface area (Å²) in [6.07, 6.45) is 0.999. The predicted octanol–water partition coefficient (Wildman–Crippen LogP) is 2.59. The van der Waals surface area contributed by atoms with Gasteiger partial charge in [0.25, 0.3) is 17.6 Å². The van der Waals surface area contributed by atoms with Crippen LogP contribution < -0.4 is 14.8 Å². The van der Waals surface area contributed by atoms with Crippen molar-refractivity contribution in [2.45, 2.75) is 52.3 Å². The predicted molar refractivity (Wildman–Crippen MR) is 165 cm³/mol. The highest BCUT2D eigenvalue weighted by Crippen LogP contribution is 2.35. The number of carbonyl (C=O) groups excluding carboxylic acids is 5. The van der Waals surface area contributed by atoms with Crippen LogP contribution in [0.5, 0.6) is 11.5 Å². The fraction of sp³-hybridized carbons (Fsp3) is 0.424. The molecule has 1 heterocycles. The van der Waals surface area contributed by atoms with Crippen LogP contribution in [0, 0.1) is 5.92 Å². The van der Waals surface area contributed by atoms with E-state index in [1.807, 2.05) is 6.07 Å². The SMILES string of the molecule is COCC(=O)N1C=C(c2ccc(OC)c(OC)c2)N(CC(=O)N[C@@H](Cc2ccccc2)C(=O)C(=O)OC(C)C)C(=O)C1C(C)C. The minimum absolute atomic E-state index is 0.0266. The van der Waals surface area contributed by atoms with Gasteiger partial charge in [-0.3, -0.25) is 24.1 Å². The van der Waals surface area contributed by atoms with E-state index >= 15 is 0 Å². The van der Waals surface area contributed by atoms with E-state index in [-0.39, 0.29) is 24.6 Å². The Balaban J connectivity index is 2.03. The van der Waals surface area contributed by atoms with Crippen molar-refractivity contribution < 1.29 is 42.9 Å². The average molecular weight is 624 g/mol. The number of rotatable bonds is 14. The molecule has 2 aromatic rings. The van der Waals surface area contributed by atoms with E-state index < -0.39 is 54.2 Å². The maximum Gasteiger partial charge on any atom is 0.377 e. The Morgan fingerprint density at radius 3 is 2.16 bits per heavy atom. The number of Topliss-reactive ketones (excluding diaryl/α,β-unsaturated/α-hetero) is 1. The summed E-state index contributed by atoms with van der Waals surface area (Å²) >= 11 is 0. The van der Waals surface area contributed by atoms with Crippen LogP contribution in [0.2, 0.25) is 0 Å². The Morgan fingerprint density at radius 1 is 0.911 bits per heavy atom. The number of hydrogen-bond acceptors (Lipinski definition) is 9. The lowest BCUT2D eigenvalue weighted by Gasteiger charge is -2.41. The summed E-state index contributed by atoms with van der Waals surface area (Å²) in [5.41, 5.74) is 1.41. The third-order valence-corrected chi connectivity index (χ3v) is 7.02. The summed E-state index contributed by atoms with van der Waals surface area (Å²) in [5, 5.41) is 2.64. The molecule has 0 fully saturated rings. The topological polar surface area (TPSA) is 141 Å². The number of amides is 3. The summed E-state index contributed by atoms with van der Waals surface area (Å²) < 4.78 is 21.0. The van der Waals surface area contributed by atoms with Gasteiger partial charge in [0.2, 0.25) is 5.91 Å². The molecule has 2 atom stereocenters. The van der Waals surface area contributed by atoms with Gasteiger partial charge in [-0.05, 0) is 43.5 Å². The molecule has 0 spiro atoms. The first kappa shape index (κ1) is 34.8. The number of benzene rings is 2. The molecule has 242 valence electrons. The van der Waals surface area contributed by atoms with Crippen molar-refractivity contribution in [3.63, 3.8) is 0 Å². The van der Waals surface area contributed by atoms with Gasteiger partial charge < -0.3 is 29.2 Å². The highest BCUT2D eigenvalue weighted by Gasteiger charge is 2.41.